The number of hydrogen-bond acceptors (Lipinski definition) is 5. The second kappa shape index (κ2) is 5.87. The number of aryl methyl sites for hydroxylation is 1. The maximum atomic E-state index is 12.2. The molecular weight excluding hydrogens is 322 g/mol. The van der Waals surface area contributed by atoms with E-state index >= 15 is 0 Å². The van der Waals surface area contributed by atoms with Crippen LogP contribution in [-0.4, -0.2) is 39.7 Å². The first kappa shape index (κ1) is 15.6. The number of likely N-dealkylation sites (N-methyl/N-ethyl adjacent to an activating group) is 1. The third-order valence-corrected chi connectivity index (χ3v) is 4.69. The van der Waals surface area contributed by atoms with Crippen molar-refractivity contribution in [3.63, 3.8) is 0 Å². The summed E-state index contributed by atoms with van der Waals surface area (Å²) in [6.07, 6.45) is 1.82. The monoisotopic (exact) mass is 341 g/mol. The maximum absolute atomic E-state index is 12.2. The molecule has 8 nitrogen and oxygen atoms in total. The van der Waals surface area contributed by atoms with Gasteiger partial charge in [-0.25, -0.2) is 9.67 Å². The molecule has 0 saturated heterocycles. The van der Waals surface area contributed by atoms with Crippen molar-refractivity contribution < 1.29 is 14.3 Å². The SMILES string of the molecule is CCN1C(=O)COc2cc3c(cc21)NC(=O)C[C@@H]3c1ncnn1CC. The molecule has 2 aliphatic rings. The number of ether oxygens (including phenoxy) is 1. The van der Waals surface area contributed by atoms with Crippen LogP contribution in [0.5, 0.6) is 5.75 Å². The van der Waals surface area contributed by atoms with Gasteiger partial charge in [-0.2, -0.15) is 5.10 Å². The smallest absolute Gasteiger partial charge is 0.265 e. The minimum Gasteiger partial charge on any atom is -0.482 e. The van der Waals surface area contributed by atoms with Gasteiger partial charge in [-0.15, -0.1) is 0 Å². The molecular formula is C17H19N5O3. The van der Waals surface area contributed by atoms with Crippen molar-refractivity contribution >= 4 is 23.2 Å². The van der Waals surface area contributed by atoms with Crippen LogP contribution in [0.4, 0.5) is 11.4 Å². The molecule has 4 rings (SSSR count). The van der Waals surface area contributed by atoms with Crippen molar-refractivity contribution in [2.45, 2.75) is 32.7 Å². The third-order valence-electron chi connectivity index (χ3n) is 4.69. The second-order valence-corrected chi connectivity index (χ2v) is 6.07. The number of nitrogens with one attached hydrogen (secondary N) is 1. The van der Waals surface area contributed by atoms with Crippen LogP contribution >= 0.6 is 0 Å². The molecule has 8 heteroatoms. The van der Waals surface area contributed by atoms with E-state index in [1.807, 2.05) is 26.0 Å². The Bertz CT molecular complexity index is 860. The zero-order valence-corrected chi connectivity index (χ0v) is 14.2. The predicted molar refractivity (Wildman–Crippen MR) is 90.7 cm³/mol. The summed E-state index contributed by atoms with van der Waals surface area (Å²) in [5.74, 6) is 1.07. The van der Waals surface area contributed by atoms with E-state index in [2.05, 4.69) is 15.4 Å². The summed E-state index contributed by atoms with van der Waals surface area (Å²) in [7, 11) is 0. The Kier molecular flexibility index (Phi) is 3.67. The van der Waals surface area contributed by atoms with Crippen molar-refractivity contribution in [2.24, 2.45) is 0 Å². The number of nitrogens with zero attached hydrogens (tertiary/aromatic N) is 4. The van der Waals surface area contributed by atoms with Gasteiger partial charge in [-0.3, -0.25) is 9.59 Å². The van der Waals surface area contributed by atoms with E-state index < -0.39 is 0 Å². The molecule has 2 aliphatic heterocycles. The second-order valence-electron chi connectivity index (χ2n) is 6.07. The lowest BCUT2D eigenvalue weighted by molar-refractivity contribution is -0.121. The Balaban J connectivity index is 1.85. The largest absolute Gasteiger partial charge is 0.482 e. The van der Waals surface area contributed by atoms with Crippen LogP contribution in [0.3, 0.4) is 0 Å². The molecule has 2 aromatic rings. The van der Waals surface area contributed by atoms with Crippen LogP contribution in [0, 0.1) is 0 Å². The highest BCUT2D eigenvalue weighted by Gasteiger charge is 2.33. The van der Waals surface area contributed by atoms with E-state index in [-0.39, 0.29) is 24.3 Å². The lowest BCUT2D eigenvalue weighted by atomic mass is 9.89. The Morgan fingerprint density at radius 3 is 2.88 bits per heavy atom. The van der Waals surface area contributed by atoms with Crippen molar-refractivity contribution in [1.82, 2.24) is 14.8 Å². The van der Waals surface area contributed by atoms with Gasteiger partial charge < -0.3 is 15.0 Å². The van der Waals surface area contributed by atoms with Gasteiger partial charge in [0.15, 0.2) is 6.61 Å². The molecule has 1 atom stereocenters. The highest BCUT2D eigenvalue weighted by Crippen LogP contribution is 2.44. The van der Waals surface area contributed by atoms with Gasteiger partial charge in [0.05, 0.1) is 11.6 Å². The van der Waals surface area contributed by atoms with E-state index in [9.17, 15) is 9.59 Å². The van der Waals surface area contributed by atoms with Crippen LogP contribution in [0.15, 0.2) is 18.5 Å². The summed E-state index contributed by atoms with van der Waals surface area (Å²) >= 11 is 0. The quantitative estimate of drug-likeness (QED) is 0.914. The predicted octanol–water partition coefficient (Wildman–Crippen LogP) is 1.52. The zero-order chi connectivity index (χ0) is 17.6. The average molecular weight is 341 g/mol. The van der Waals surface area contributed by atoms with E-state index in [1.165, 1.54) is 6.33 Å². The van der Waals surface area contributed by atoms with Crippen molar-refractivity contribution in [3.8, 4) is 5.75 Å². The molecule has 0 spiro atoms. The average Bonchev–Trinajstić information content (AvgIpc) is 3.08. The van der Waals surface area contributed by atoms with Gasteiger partial charge in [0, 0.05) is 25.2 Å². The summed E-state index contributed by atoms with van der Waals surface area (Å²) in [4.78, 5) is 30.3. The molecule has 0 bridgehead atoms. The number of fused-ring (bicyclic) bond motifs is 2. The van der Waals surface area contributed by atoms with Crippen LogP contribution < -0.4 is 15.0 Å². The highest BCUT2D eigenvalue weighted by molar-refractivity contribution is 6.01. The van der Waals surface area contributed by atoms with Gasteiger partial charge in [0.25, 0.3) is 5.91 Å². The van der Waals surface area contributed by atoms with Gasteiger partial charge in [0.1, 0.15) is 17.9 Å². The van der Waals surface area contributed by atoms with Crippen LogP contribution in [0.2, 0.25) is 0 Å². The summed E-state index contributed by atoms with van der Waals surface area (Å²) < 4.78 is 7.44. The van der Waals surface area contributed by atoms with E-state index in [4.69, 9.17) is 4.74 Å². The number of carbonyl (C=O) groups is 2. The standard InChI is InChI=1S/C17H19N5O3/c1-3-21-13-7-12-10(5-14(13)25-8-16(21)24)11(6-15(23)20-12)17-18-9-19-22(17)4-2/h5,7,9,11H,3-4,6,8H2,1-2H3,(H,20,23)/t11-/m0/s1. The van der Waals surface area contributed by atoms with Crippen molar-refractivity contribution in [3.05, 3.63) is 29.8 Å². The lowest BCUT2D eigenvalue weighted by Gasteiger charge is -2.32. The minimum absolute atomic E-state index is 0.0296. The Labute approximate surface area is 144 Å². The zero-order valence-electron chi connectivity index (χ0n) is 14.2. The number of aromatic nitrogens is 3. The van der Waals surface area contributed by atoms with Crippen LogP contribution in [0.1, 0.15) is 37.6 Å². The van der Waals surface area contributed by atoms with Crippen LogP contribution in [0.25, 0.3) is 0 Å². The third kappa shape index (κ3) is 2.45. The molecule has 0 saturated carbocycles. The molecule has 0 unspecified atom stereocenters. The first-order valence-corrected chi connectivity index (χ1v) is 8.41. The van der Waals surface area contributed by atoms with Gasteiger partial charge in [0.2, 0.25) is 5.91 Å². The summed E-state index contributed by atoms with van der Waals surface area (Å²) in [5.41, 5.74) is 2.32. The molecule has 1 aromatic carbocycles. The number of rotatable bonds is 3. The Morgan fingerprint density at radius 2 is 2.12 bits per heavy atom. The summed E-state index contributed by atoms with van der Waals surface area (Å²) in [6.45, 7) is 5.17. The van der Waals surface area contributed by atoms with E-state index in [0.29, 0.717) is 36.6 Å². The Hall–Kier alpha value is -2.90. The molecule has 2 amide bonds. The summed E-state index contributed by atoms with van der Waals surface area (Å²) in [5, 5.41) is 7.13. The van der Waals surface area contributed by atoms with Crippen molar-refractivity contribution in [1.29, 1.82) is 0 Å². The molecule has 3 heterocycles. The molecule has 1 aromatic heterocycles. The number of carbonyl (C=O) groups excluding carboxylic acids is 2. The fourth-order valence-electron chi connectivity index (χ4n) is 3.52. The lowest BCUT2D eigenvalue weighted by Crippen LogP contribution is -2.39. The topological polar surface area (TPSA) is 89.3 Å². The number of hydrogen-bond donors (Lipinski definition) is 1. The molecule has 0 aliphatic carbocycles. The number of amides is 2. The molecule has 0 radical (unpaired) electrons. The highest BCUT2D eigenvalue weighted by atomic mass is 16.5. The molecule has 0 fully saturated rings. The van der Waals surface area contributed by atoms with Gasteiger partial charge in [-0.05, 0) is 31.5 Å². The van der Waals surface area contributed by atoms with Crippen molar-refractivity contribution in [2.75, 3.05) is 23.4 Å². The summed E-state index contributed by atoms with van der Waals surface area (Å²) in [6, 6.07) is 3.74. The number of benzene rings is 1. The first-order valence-electron chi connectivity index (χ1n) is 8.41. The molecule has 130 valence electrons. The minimum atomic E-state index is -0.187. The fraction of sp³-hybridized carbons (Fsp3) is 0.412. The maximum Gasteiger partial charge on any atom is 0.265 e. The van der Waals surface area contributed by atoms with Crippen LogP contribution in [-0.2, 0) is 16.1 Å². The van der Waals surface area contributed by atoms with Gasteiger partial charge >= 0.3 is 0 Å². The van der Waals surface area contributed by atoms with E-state index in [1.54, 1.807) is 9.58 Å². The van der Waals surface area contributed by atoms with Gasteiger partial charge in [-0.1, -0.05) is 0 Å². The van der Waals surface area contributed by atoms with E-state index in [0.717, 1.165) is 11.4 Å². The first-order chi connectivity index (χ1) is 12.1. The molecule has 25 heavy (non-hydrogen) atoms. The Morgan fingerprint density at radius 1 is 1.28 bits per heavy atom. The molecule has 1 N–H and O–H groups in total. The normalized spacial score (nSPS) is 19.1. The number of anilines is 2. The fourth-order valence-corrected chi connectivity index (χ4v) is 3.52.